The molecule has 0 saturated heterocycles. The number of carbonyl (C=O) groups excluding carboxylic acids is 2. The normalized spacial score (nSPS) is 12.2. The Morgan fingerprint density at radius 2 is 2.21 bits per heavy atom. The Morgan fingerprint density at radius 3 is 2.64 bits per heavy atom. The molecule has 0 aliphatic heterocycles. The molecule has 0 aliphatic rings. The summed E-state index contributed by atoms with van der Waals surface area (Å²) in [5, 5.41) is -0.565. The third-order valence-corrected chi connectivity index (χ3v) is 2.39. The summed E-state index contributed by atoms with van der Waals surface area (Å²) in [5.74, 6) is -0.167. The largest absolute Gasteiger partial charge is 0.298 e. The number of hydrogen-bond acceptors (Lipinski definition) is 3. The summed E-state index contributed by atoms with van der Waals surface area (Å²) in [6, 6.07) is 4.68. The van der Waals surface area contributed by atoms with E-state index in [0.717, 1.165) is 0 Å². The Bertz CT molecular complexity index is 374. The molecule has 14 heavy (non-hydrogen) atoms. The molecular formula is C10H9ClO2S. The van der Waals surface area contributed by atoms with Crippen LogP contribution in [-0.2, 0) is 0 Å². The van der Waals surface area contributed by atoms with E-state index in [-0.39, 0.29) is 5.78 Å². The number of halogens is 1. The van der Waals surface area contributed by atoms with Gasteiger partial charge in [-0.1, -0.05) is 6.07 Å². The predicted octanol–water partition coefficient (Wildman–Crippen LogP) is 2.60. The number of thiol groups is 1. The second-order valence-electron chi connectivity index (χ2n) is 2.87. The van der Waals surface area contributed by atoms with Gasteiger partial charge in [0, 0.05) is 16.0 Å². The zero-order valence-electron chi connectivity index (χ0n) is 7.53. The molecule has 1 atom stereocenters. The van der Waals surface area contributed by atoms with Crippen LogP contribution in [0.4, 0.5) is 0 Å². The fourth-order valence-electron chi connectivity index (χ4n) is 1.03. The molecule has 4 heteroatoms. The number of carbonyl (C=O) groups is 2. The smallest absolute Gasteiger partial charge is 0.180 e. The molecule has 0 bridgehead atoms. The lowest BCUT2D eigenvalue weighted by Crippen LogP contribution is -2.10. The molecule has 0 heterocycles. The van der Waals surface area contributed by atoms with Crippen molar-refractivity contribution in [1.82, 2.24) is 0 Å². The van der Waals surface area contributed by atoms with E-state index in [1.165, 1.54) is 0 Å². The average molecular weight is 229 g/mol. The molecule has 0 aliphatic carbocycles. The second kappa shape index (κ2) is 4.62. The van der Waals surface area contributed by atoms with Crippen molar-refractivity contribution in [1.29, 1.82) is 0 Å². The summed E-state index contributed by atoms with van der Waals surface area (Å²) in [5.41, 5.74) is 0.940. The number of benzene rings is 1. The van der Waals surface area contributed by atoms with Crippen molar-refractivity contribution in [2.24, 2.45) is 0 Å². The van der Waals surface area contributed by atoms with Crippen LogP contribution in [0.1, 0.15) is 27.6 Å². The molecule has 0 aromatic heterocycles. The molecular weight excluding hydrogens is 220 g/mol. The highest BCUT2D eigenvalue weighted by molar-refractivity contribution is 7.80. The van der Waals surface area contributed by atoms with Crippen LogP contribution in [0, 0.1) is 0 Å². The molecule has 0 amide bonds. The summed E-state index contributed by atoms with van der Waals surface area (Å²) in [7, 11) is 0. The Hall–Kier alpha value is -0.800. The zero-order valence-corrected chi connectivity index (χ0v) is 9.18. The SMILES string of the molecule is CC(Cl)C(=O)c1ccc(C=O)c(S)c1. The third kappa shape index (κ3) is 2.36. The quantitative estimate of drug-likeness (QED) is 0.374. The van der Waals surface area contributed by atoms with Gasteiger partial charge in [-0.25, -0.2) is 0 Å². The van der Waals surface area contributed by atoms with E-state index >= 15 is 0 Å². The van der Waals surface area contributed by atoms with E-state index in [4.69, 9.17) is 11.6 Å². The van der Waals surface area contributed by atoms with Crippen LogP contribution in [0.5, 0.6) is 0 Å². The Morgan fingerprint density at radius 1 is 1.57 bits per heavy atom. The Kier molecular flexibility index (Phi) is 3.72. The van der Waals surface area contributed by atoms with Crippen molar-refractivity contribution in [3.8, 4) is 0 Å². The number of Topliss-reactive ketones (excluding diaryl/α,β-unsaturated/α-hetero) is 1. The topological polar surface area (TPSA) is 34.1 Å². The molecule has 0 saturated carbocycles. The molecule has 74 valence electrons. The minimum atomic E-state index is -0.565. The maximum Gasteiger partial charge on any atom is 0.180 e. The van der Waals surface area contributed by atoms with Crippen LogP contribution in [0.2, 0.25) is 0 Å². The number of ketones is 1. The molecule has 0 spiro atoms. The molecule has 1 aromatic carbocycles. The monoisotopic (exact) mass is 228 g/mol. The van der Waals surface area contributed by atoms with Gasteiger partial charge in [-0.3, -0.25) is 9.59 Å². The van der Waals surface area contributed by atoms with Crippen molar-refractivity contribution in [2.45, 2.75) is 17.2 Å². The highest BCUT2D eigenvalue weighted by atomic mass is 35.5. The van der Waals surface area contributed by atoms with Gasteiger partial charge in [-0.15, -0.1) is 24.2 Å². The van der Waals surface area contributed by atoms with E-state index in [1.54, 1.807) is 25.1 Å². The third-order valence-electron chi connectivity index (χ3n) is 1.80. The van der Waals surface area contributed by atoms with Crippen LogP contribution >= 0.6 is 24.2 Å². The van der Waals surface area contributed by atoms with Gasteiger partial charge >= 0.3 is 0 Å². The summed E-state index contributed by atoms with van der Waals surface area (Å²) in [6.07, 6.45) is 0.695. The first kappa shape index (κ1) is 11.3. The molecule has 1 unspecified atom stereocenters. The van der Waals surface area contributed by atoms with Crippen LogP contribution in [-0.4, -0.2) is 17.4 Å². The van der Waals surface area contributed by atoms with Crippen molar-refractivity contribution >= 4 is 36.3 Å². The number of rotatable bonds is 3. The summed E-state index contributed by atoms with van der Waals surface area (Å²) < 4.78 is 0. The van der Waals surface area contributed by atoms with Crippen molar-refractivity contribution in [3.63, 3.8) is 0 Å². The second-order valence-corrected chi connectivity index (χ2v) is 4.01. The number of alkyl halides is 1. The first-order chi connectivity index (χ1) is 6.56. The van der Waals surface area contributed by atoms with Gasteiger partial charge < -0.3 is 0 Å². The molecule has 0 fully saturated rings. The zero-order chi connectivity index (χ0) is 10.7. The van der Waals surface area contributed by atoms with Gasteiger partial charge in [-0.2, -0.15) is 0 Å². The Labute approximate surface area is 92.7 Å². The van der Waals surface area contributed by atoms with Crippen LogP contribution in [0.25, 0.3) is 0 Å². The predicted molar refractivity (Wildman–Crippen MR) is 58.7 cm³/mol. The molecule has 2 nitrogen and oxygen atoms in total. The van der Waals surface area contributed by atoms with Crippen molar-refractivity contribution in [3.05, 3.63) is 29.3 Å². The highest BCUT2D eigenvalue weighted by Gasteiger charge is 2.12. The minimum absolute atomic E-state index is 0.167. The molecule has 0 N–H and O–H groups in total. The lowest BCUT2D eigenvalue weighted by Gasteiger charge is -2.04. The highest BCUT2D eigenvalue weighted by Crippen LogP contribution is 2.16. The first-order valence-electron chi connectivity index (χ1n) is 4.02. The number of hydrogen-bond donors (Lipinski definition) is 1. The number of aldehydes is 1. The maximum atomic E-state index is 11.4. The summed E-state index contributed by atoms with van der Waals surface area (Å²) in [4.78, 5) is 22.4. The van der Waals surface area contributed by atoms with Gasteiger partial charge in [0.05, 0.1) is 5.38 Å². The molecule has 1 rings (SSSR count). The van der Waals surface area contributed by atoms with Crippen molar-refractivity contribution in [2.75, 3.05) is 0 Å². The summed E-state index contributed by atoms with van der Waals surface area (Å²) in [6.45, 7) is 1.61. The Balaban J connectivity index is 3.08. The van der Waals surface area contributed by atoms with Gasteiger partial charge in [0.1, 0.15) is 0 Å². The van der Waals surface area contributed by atoms with E-state index in [2.05, 4.69) is 12.6 Å². The van der Waals surface area contributed by atoms with E-state index in [9.17, 15) is 9.59 Å². The van der Waals surface area contributed by atoms with Crippen LogP contribution in [0.3, 0.4) is 0 Å². The summed E-state index contributed by atoms with van der Waals surface area (Å²) >= 11 is 9.73. The molecule has 1 aromatic rings. The standard InChI is InChI=1S/C10H9ClO2S/c1-6(11)10(13)7-2-3-8(5-12)9(14)4-7/h2-6,14H,1H3. The fourth-order valence-corrected chi connectivity index (χ4v) is 1.42. The fraction of sp³-hybridized carbons (Fsp3) is 0.200. The van der Waals surface area contributed by atoms with Gasteiger partial charge in [0.15, 0.2) is 12.1 Å². The lowest BCUT2D eigenvalue weighted by atomic mass is 10.1. The van der Waals surface area contributed by atoms with E-state index < -0.39 is 5.38 Å². The first-order valence-corrected chi connectivity index (χ1v) is 4.91. The van der Waals surface area contributed by atoms with Crippen LogP contribution in [0.15, 0.2) is 23.1 Å². The maximum absolute atomic E-state index is 11.4. The lowest BCUT2D eigenvalue weighted by molar-refractivity contribution is 0.0990. The average Bonchev–Trinajstić information content (AvgIpc) is 2.16. The van der Waals surface area contributed by atoms with Gasteiger partial charge in [-0.05, 0) is 19.1 Å². The van der Waals surface area contributed by atoms with E-state index in [1.807, 2.05) is 0 Å². The minimum Gasteiger partial charge on any atom is -0.298 e. The van der Waals surface area contributed by atoms with E-state index in [0.29, 0.717) is 22.3 Å². The van der Waals surface area contributed by atoms with Crippen molar-refractivity contribution < 1.29 is 9.59 Å². The van der Waals surface area contributed by atoms with Crippen LogP contribution < -0.4 is 0 Å². The van der Waals surface area contributed by atoms with Gasteiger partial charge in [0.25, 0.3) is 0 Å². The molecule has 0 radical (unpaired) electrons. The van der Waals surface area contributed by atoms with Gasteiger partial charge in [0.2, 0.25) is 0 Å².